The summed E-state index contributed by atoms with van der Waals surface area (Å²) in [6.07, 6.45) is 11.7. The number of furan rings is 1. The van der Waals surface area contributed by atoms with Crippen molar-refractivity contribution in [3.05, 3.63) is 24.6 Å². The summed E-state index contributed by atoms with van der Waals surface area (Å²) in [4.78, 5) is 19.0. The van der Waals surface area contributed by atoms with Crippen molar-refractivity contribution in [2.24, 2.45) is 0 Å². The molecule has 1 aliphatic carbocycles. The molecule has 7 nitrogen and oxygen atoms in total. The van der Waals surface area contributed by atoms with E-state index in [1.54, 1.807) is 12.5 Å². The van der Waals surface area contributed by atoms with Gasteiger partial charge in [0.1, 0.15) is 17.3 Å². The van der Waals surface area contributed by atoms with E-state index in [9.17, 15) is 4.79 Å². The van der Waals surface area contributed by atoms with E-state index in [0.29, 0.717) is 5.88 Å². The van der Waals surface area contributed by atoms with Gasteiger partial charge in [-0.2, -0.15) is 0 Å². The van der Waals surface area contributed by atoms with Crippen LogP contribution in [0.25, 0.3) is 11.0 Å². The largest absolute Gasteiger partial charge is 0.474 e. The normalized spacial score (nSPS) is 30.5. The highest BCUT2D eigenvalue weighted by Crippen LogP contribution is 2.39. The van der Waals surface area contributed by atoms with Gasteiger partial charge in [0, 0.05) is 18.3 Å². The number of rotatable bonds is 4. The zero-order chi connectivity index (χ0) is 22.3. The van der Waals surface area contributed by atoms with E-state index in [0.717, 1.165) is 62.3 Å². The van der Waals surface area contributed by atoms with Crippen molar-refractivity contribution in [1.29, 1.82) is 0 Å². The Labute approximate surface area is 189 Å². The summed E-state index contributed by atoms with van der Waals surface area (Å²) in [7, 11) is 0. The molecule has 3 aliphatic rings. The first-order valence-electron chi connectivity index (χ1n) is 12.0. The molecule has 0 radical (unpaired) electrons. The number of ether oxygens (including phenoxy) is 3. The molecule has 5 rings (SSSR count). The molecular formula is C25H34N2O5. The van der Waals surface area contributed by atoms with Crippen LogP contribution in [0.15, 0.2) is 29.0 Å². The summed E-state index contributed by atoms with van der Waals surface area (Å²) in [6, 6.07) is 4.25. The fourth-order valence-electron chi connectivity index (χ4n) is 5.53. The molecule has 3 fully saturated rings. The van der Waals surface area contributed by atoms with Crippen LogP contribution < -0.4 is 4.74 Å². The molecule has 2 aromatic rings. The van der Waals surface area contributed by atoms with Crippen molar-refractivity contribution < 1.29 is 23.4 Å². The number of pyridine rings is 1. The number of hydrogen-bond donors (Lipinski definition) is 0. The lowest BCUT2D eigenvalue weighted by Gasteiger charge is -2.41. The summed E-state index contributed by atoms with van der Waals surface area (Å²) in [6.45, 7) is 5.77. The van der Waals surface area contributed by atoms with Gasteiger partial charge >= 0.3 is 6.09 Å². The van der Waals surface area contributed by atoms with Crippen LogP contribution in [0.5, 0.6) is 5.88 Å². The van der Waals surface area contributed by atoms with E-state index in [2.05, 4.69) is 4.98 Å². The molecule has 1 saturated carbocycles. The molecule has 2 aromatic heterocycles. The Balaban J connectivity index is 1.11. The Morgan fingerprint density at radius 2 is 1.69 bits per heavy atom. The second-order valence-electron chi connectivity index (χ2n) is 10.5. The fraction of sp³-hybridized carbons (Fsp3) is 0.680. The molecule has 0 aromatic carbocycles. The van der Waals surface area contributed by atoms with Gasteiger partial charge in [-0.1, -0.05) is 0 Å². The summed E-state index contributed by atoms with van der Waals surface area (Å²) in [5.41, 5.74) is 0.350. The van der Waals surface area contributed by atoms with Crippen LogP contribution in [0, 0.1) is 0 Å². The molecule has 3 atom stereocenters. The van der Waals surface area contributed by atoms with Crippen molar-refractivity contribution in [2.45, 2.75) is 108 Å². The highest BCUT2D eigenvalue weighted by atomic mass is 16.6. The number of aromatic nitrogens is 1. The molecule has 0 unspecified atom stereocenters. The average Bonchev–Trinajstić information content (AvgIpc) is 3.32. The maximum atomic E-state index is 12.7. The van der Waals surface area contributed by atoms with Crippen molar-refractivity contribution in [1.82, 2.24) is 9.88 Å². The molecule has 32 heavy (non-hydrogen) atoms. The van der Waals surface area contributed by atoms with Crippen LogP contribution >= 0.6 is 0 Å². The Kier molecular flexibility index (Phi) is 5.78. The first-order chi connectivity index (χ1) is 15.4. The van der Waals surface area contributed by atoms with Crippen molar-refractivity contribution in [2.75, 3.05) is 0 Å². The van der Waals surface area contributed by atoms with E-state index in [4.69, 9.17) is 18.6 Å². The van der Waals surface area contributed by atoms with Crippen LogP contribution in [-0.4, -0.2) is 52.0 Å². The lowest BCUT2D eigenvalue weighted by molar-refractivity contribution is -0.0814. The minimum Gasteiger partial charge on any atom is -0.474 e. The number of carbonyl (C=O) groups excluding carboxylic acids is 1. The van der Waals surface area contributed by atoms with Gasteiger partial charge in [-0.25, -0.2) is 9.78 Å². The Bertz CT molecular complexity index is 929. The number of piperidine rings is 1. The maximum Gasteiger partial charge on any atom is 0.410 e. The molecule has 0 spiro atoms. The van der Waals surface area contributed by atoms with E-state index in [1.165, 1.54) is 0 Å². The van der Waals surface area contributed by atoms with Crippen LogP contribution in [0.4, 0.5) is 4.79 Å². The molecule has 4 heterocycles. The number of hydrogen-bond acceptors (Lipinski definition) is 6. The van der Waals surface area contributed by atoms with Crippen molar-refractivity contribution in [3.63, 3.8) is 0 Å². The molecule has 2 aliphatic heterocycles. The number of nitrogens with zero attached hydrogens (tertiary/aromatic N) is 2. The molecular weight excluding hydrogens is 408 g/mol. The lowest BCUT2D eigenvalue weighted by Crippen LogP contribution is -2.50. The van der Waals surface area contributed by atoms with E-state index in [-0.39, 0.29) is 36.5 Å². The molecule has 7 heteroatoms. The van der Waals surface area contributed by atoms with Gasteiger partial charge in [-0.15, -0.1) is 0 Å². The molecule has 0 N–H and O–H groups in total. The van der Waals surface area contributed by atoms with Gasteiger partial charge in [-0.05, 0) is 84.3 Å². The monoisotopic (exact) mass is 442 g/mol. The predicted molar refractivity (Wildman–Crippen MR) is 120 cm³/mol. The van der Waals surface area contributed by atoms with Gasteiger partial charge < -0.3 is 23.5 Å². The number of carbonyl (C=O) groups is 1. The van der Waals surface area contributed by atoms with E-state index < -0.39 is 5.60 Å². The van der Waals surface area contributed by atoms with Crippen LogP contribution in [0.2, 0.25) is 0 Å². The maximum absolute atomic E-state index is 12.7. The second-order valence-corrected chi connectivity index (χ2v) is 10.5. The first kappa shape index (κ1) is 21.6. The average molecular weight is 443 g/mol. The quantitative estimate of drug-likeness (QED) is 0.625. The molecule has 2 bridgehead atoms. The predicted octanol–water partition coefficient (Wildman–Crippen LogP) is 5.46. The summed E-state index contributed by atoms with van der Waals surface area (Å²) < 4.78 is 23.8. The zero-order valence-corrected chi connectivity index (χ0v) is 19.3. The first-order valence-corrected chi connectivity index (χ1v) is 12.0. The number of amides is 1. The lowest BCUT2D eigenvalue weighted by atomic mass is 9.93. The highest BCUT2D eigenvalue weighted by molar-refractivity contribution is 5.81. The van der Waals surface area contributed by atoms with E-state index >= 15 is 0 Å². The Morgan fingerprint density at radius 3 is 2.38 bits per heavy atom. The SMILES string of the molecule is CC(C)(C)OC(=O)N1[C@@H]2CC[C@H]1C[C@H](O[C@H]1CC[C@H](Oc3nccc4occc34)CC1)C2. The fourth-order valence-corrected chi connectivity index (χ4v) is 5.53. The van der Waals surface area contributed by atoms with Gasteiger partial charge in [0.05, 0.1) is 23.9 Å². The smallest absolute Gasteiger partial charge is 0.410 e. The summed E-state index contributed by atoms with van der Waals surface area (Å²) in [5.74, 6) is 0.659. The third-order valence-corrected chi connectivity index (χ3v) is 6.92. The molecule has 1 amide bonds. The molecule has 174 valence electrons. The standard InChI is InChI=1S/C25H34N2O5/c1-25(2,3)32-24(28)27-16-4-5-17(27)15-20(14-16)30-18-6-8-19(9-7-18)31-23-21-11-13-29-22(21)10-12-26-23/h10-13,16-20H,4-9,14-15H2,1-3H3/t16-,17+,18-,19-,20-. The van der Waals surface area contributed by atoms with Crippen LogP contribution in [0.1, 0.15) is 72.1 Å². The minimum absolute atomic E-state index is 0.160. The van der Waals surface area contributed by atoms with Gasteiger partial charge in [0.2, 0.25) is 5.88 Å². The topological polar surface area (TPSA) is 74.0 Å². The summed E-state index contributed by atoms with van der Waals surface area (Å²) >= 11 is 0. The zero-order valence-electron chi connectivity index (χ0n) is 19.3. The third kappa shape index (κ3) is 4.58. The van der Waals surface area contributed by atoms with Crippen molar-refractivity contribution >= 4 is 17.1 Å². The Hall–Kier alpha value is -2.28. The number of fused-ring (bicyclic) bond motifs is 3. The third-order valence-electron chi connectivity index (χ3n) is 6.92. The second kappa shape index (κ2) is 8.58. The van der Waals surface area contributed by atoms with Gasteiger partial charge in [0.25, 0.3) is 0 Å². The highest BCUT2D eigenvalue weighted by Gasteiger charge is 2.45. The van der Waals surface area contributed by atoms with Crippen molar-refractivity contribution in [3.8, 4) is 5.88 Å². The van der Waals surface area contributed by atoms with E-state index in [1.807, 2.05) is 37.8 Å². The van der Waals surface area contributed by atoms with Gasteiger partial charge in [-0.3, -0.25) is 0 Å². The van der Waals surface area contributed by atoms with Crippen LogP contribution in [-0.2, 0) is 9.47 Å². The van der Waals surface area contributed by atoms with Gasteiger partial charge in [0.15, 0.2) is 0 Å². The molecule has 2 saturated heterocycles. The van der Waals surface area contributed by atoms with Crippen LogP contribution in [0.3, 0.4) is 0 Å². The Morgan fingerprint density at radius 1 is 1.00 bits per heavy atom. The summed E-state index contributed by atoms with van der Waals surface area (Å²) in [5, 5.41) is 0.929. The minimum atomic E-state index is -0.455.